The predicted octanol–water partition coefficient (Wildman–Crippen LogP) is 3.69. The van der Waals surface area contributed by atoms with Gasteiger partial charge in [0.05, 0.1) is 16.3 Å². The van der Waals surface area contributed by atoms with Gasteiger partial charge in [-0.1, -0.05) is 26.0 Å². The van der Waals surface area contributed by atoms with Gasteiger partial charge in [0.15, 0.2) is 0 Å². The van der Waals surface area contributed by atoms with Gasteiger partial charge in [0.25, 0.3) is 5.60 Å². The van der Waals surface area contributed by atoms with Crippen LogP contribution in [-0.2, 0) is 29.4 Å². The number of likely N-dealkylation sites (N-methyl/N-ethyl adjacent to an activating group) is 1. The van der Waals surface area contributed by atoms with E-state index in [1.807, 2.05) is 53.8 Å². The molecule has 0 radical (unpaired) electrons. The Morgan fingerprint density at radius 2 is 1.82 bits per heavy atom. The zero-order valence-electron chi connectivity index (χ0n) is 20.1. The molecule has 3 fully saturated rings. The Hall–Kier alpha value is -1.78. The minimum absolute atomic E-state index is 0.0330. The molecule has 3 aliphatic rings. The Morgan fingerprint density at radius 1 is 1.18 bits per heavy atom. The van der Waals surface area contributed by atoms with Crippen molar-refractivity contribution >= 4 is 34.6 Å². The molecule has 0 aliphatic carbocycles. The van der Waals surface area contributed by atoms with Crippen molar-refractivity contribution in [3.8, 4) is 0 Å². The van der Waals surface area contributed by atoms with Gasteiger partial charge in [-0.05, 0) is 56.3 Å². The van der Waals surface area contributed by atoms with Crippen LogP contribution in [0.5, 0.6) is 0 Å². The number of nitrogens with zero attached hydrogens (tertiary/aromatic N) is 2. The summed E-state index contributed by atoms with van der Waals surface area (Å²) in [6, 6.07) is 7.43. The average molecular weight is 505 g/mol. The molecule has 3 aliphatic heterocycles. The molecule has 9 heteroatoms. The first-order valence-corrected chi connectivity index (χ1v) is 13.7. The van der Waals surface area contributed by atoms with Crippen molar-refractivity contribution < 1.29 is 23.8 Å². The molecule has 2 bridgehead atoms. The Balaban J connectivity index is 1.44. The van der Waals surface area contributed by atoms with Crippen molar-refractivity contribution in [3.63, 3.8) is 0 Å². The van der Waals surface area contributed by atoms with Crippen molar-refractivity contribution in [2.45, 2.75) is 63.7 Å². The zero-order valence-corrected chi connectivity index (χ0v) is 21.7. The van der Waals surface area contributed by atoms with E-state index < -0.39 is 17.5 Å². The van der Waals surface area contributed by atoms with E-state index >= 15 is 0 Å². The summed E-state index contributed by atoms with van der Waals surface area (Å²) in [6.45, 7) is 10.7. The van der Waals surface area contributed by atoms with Crippen LogP contribution in [-0.4, -0.2) is 71.9 Å². The molecule has 0 spiro atoms. The molecule has 2 aromatic heterocycles. The lowest BCUT2D eigenvalue weighted by atomic mass is 9.80. The number of epoxide rings is 1. The van der Waals surface area contributed by atoms with Gasteiger partial charge in [0.2, 0.25) is 0 Å². The first-order chi connectivity index (χ1) is 16.3. The van der Waals surface area contributed by atoms with Gasteiger partial charge < -0.3 is 14.2 Å². The third-order valence-electron chi connectivity index (χ3n) is 7.58. The molecule has 7 nitrogen and oxygen atoms in total. The Morgan fingerprint density at radius 3 is 2.35 bits per heavy atom. The first-order valence-electron chi connectivity index (χ1n) is 12.0. The van der Waals surface area contributed by atoms with Crippen molar-refractivity contribution in [2.75, 3.05) is 26.2 Å². The number of carbonyl (C=O) groups is 2. The molecule has 34 heavy (non-hydrogen) atoms. The molecule has 3 saturated heterocycles. The van der Waals surface area contributed by atoms with Gasteiger partial charge in [0.1, 0.15) is 18.4 Å². The Kier molecular flexibility index (Phi) is 6.35. The summed E-state index contributed by atoms with van der Waals surface area (Å²) in [5, 5.41) is 3.78. The minimum atomic E-state index is -1.60. The summed E-state index contributed by atoms with van der Waals surface area (Å²) < 4.78 is 18.1. The van der Waals surface area contributed by atoms with E-state index in [4.69, 9.17) is 14.2 Å². The summed E-state index contributed by atoms with van der Waals surface area (Å²) in [5.74, 6) is -0.650. The predicted molar refractivity (Wildman–Crippen MR) is 131 cm³/mol. The SMILES string of the molecule is CCN(CC)CC(=O)OC(C(=O)OC1CC2C3OC3N(C1)C2(C)C)(c1cccs1)c1cccs1. The third kappa shape index (κ3) is 3.91. The van der Waals surface area contributed by atoms with Crippen LogP contribution in [0.15, 0.2) is 35.0 Å². The highest BCUT2D eigenvalue weighted by molar-refractivity contribution is 7.12. The van der Waals surface area contributed by atoms with E-state index in [0.717, 1.165) is 19.5 Å². The van der Waals surface area contributed by atoms with Crippen LogP contribution >= 0.6 is 22.7 Å². The molecule has 0 saturated carbocycles. The summed E-state index contributed by atoms with van der Waals surface area (Å²) >= 11 is 2.79. The third-order valence-corrected chi connectivity index (χ3v) is 9.52. The second-order valence-electron chi connectivity index (χ2n) is 9.74. The standard InChI is InChI=1S/C25H32N2O5S2/c1-5-26(6-2)15-20(28)32-25(18-9-7-11-33-18,19-10-8-12-34-19)23(29)30-16-13-17-21-22(31-21)27(14-16)24(17,3)4/h7-12,16-17,21-22H,5-6,13-15H2,1-4H3. The second-order valence-corrected chi connectivity index (χ2v) is 11.6. The maximum absolute atomic E-state index is 14.0. The van der Waals surface area contributed by atoms with Crippen molar-refractivity contribution in [2.24, 2.45) is 5.92 Å². The largest absolute Gasteiger partial charge is 0.457 e. The smallest absolute Gasteiger partial charge is 0.362 e. The van der Waals surface area contributed by atoms with Gasteiger partial charge in [-0.15, -0.1) is 22.7 Å². The molecule has 5 rings (SSSR count). The Labute approximate surface area is 208 Å². The monoisotopic (exact) mass is 504 g/mol. The van der Waals surface area contributed by atoms with E-state index in [-0.39, 0.29) is 30.5 Å². The fourth-order valence-electron chi connectivity index (χ4n) is 5.52. The van der Waals surface area contributed by atoms with Gasteiger partial charge in [-0.3, -0.25) is 14.6 Å². The topological polar surface area (TPSA) is 71.6 Å². The van der Waals surface area contributed by atoms with Crippen molar-refractivity contribution in [1.29, 1.82) is 0 Å². The lowest BCUT2D eigenvalue weighted by Gasteiger charge is -2.45. The number of piperidine rings is 1. The Bertz CT molecular complexity index is 964. The number of hydrogen-bond donors (Lipinski definition) is 0. The number of thiophene rings is 2. The van der Waals surface area contributed by atoms with E-state index in [0.29, 0.717) is 22.2 Å². The number of hydrogen-bond acceptors (Lipinski definition) is 9. The zero-order chi connectivity index (χ0) is 24.1. The van der Waals surface area contributed by atoms with Crippen molar-refractivity contribution in [3.05, 3.63) is 44.8 Å². The van der Waals surface area contributed by atoms with Crippen LogP contribution in [0.3, 0.4) is 0 Å². The lowest BCUT2D eigenvalue weighted by molar-refractivity contribution is -0.187. The highest BCUT2D eigenvalue weighted by atomic mass is 32.1. The normalized spacial score (nSPS) is 29.0. The summed E-state index contributed by atoms with van der Waals surface area (Å²) in [6.07, 6.45) is 0.831. The maximum atomic E-state index is 14.0. The van der Waals surface area contributed by atoms with Crippen molar-refractivity contribution in [1.82, 2.24) is 9.80 Å². The van der Waals surface area contributed by atoms with Crippen LogP contribution in [0, 0.1) is 5.92 Å². The highest BCUT2D eigenvalue weighted by Gasteiger charge is 2.67. The molecule has 5 atom stereocenters. The fraction of sp³-hybridized carbons (Fsp3) is 0.600. The van der Waals surface area contributed by atoms with Gasteiger partial charge >= 0.3 is 11.9 Å². The van der Waals surface area contributed by atoms with Crippen LogP contribution in [0.25, 0.3) is 0 Å². The molecule has 184 valence electrons. The molecule has 0 amide bonds. The molecule has 5 unspecified atom stereocenters. The van der Waals surface area contributed by atoms with E-state index in [1.54, 1.807) is 0 Å². The van der Waals surface area contributed by atoms with Crippen LogP contribution in [0.1, 0.15) is 43.9 Å². The summed E-state index contributed by atoms with van der Waals surface area (Å²) in [7, 11) is 0. The summed E-state index contributed by atoms with van der Waals surface area (Å²) in [5.41, 5.74) is -1.57. The molecule has 0 aromatic carbocycles. The van der Waals surface area contributed by atoms with Crippen LogP contribution in [0.2, 0.25) is 0 Å². The second kappa shape index (κ2) is 9.02. The van der Waals surface area contributed by atoms with E-state index in [2.05, 4.69) is 18.7 Å². The number of rotatable bonds is 9. The highest BCUT2D eigenvalue weighted by Crippen LogP contribution is 2.55. The quantitative estimate of drug-likeness (QED) is 0.381. The maximum Gasteiger partial charge on any atom is 0.362 e. The molecule has 5 heterocycles. The van der Waals surface area contributed by atoms with Gasteiger partial charge in [-0.2, -0.15) is 0 Å². The summed E-state index contributed by atoms with van der Waals surface area (Å²) in [4.78, 5) is 32.8. The molecule has 2 aromatic rings. The fourth-order valence-corrected chi connectivity index (χ4v) is 7.31. The van der Waals surface area contributed by atoms with Gasteiger partial charge in [-0.25, -0.2) is 4.79 Å². The number of fused-ring (bicyclic) bond motifs is 5. The molecule has 0 N–H and O–H groups in total. The molecular formula is C25H32N2O5S2. The minimum Gasteiger partial charge on any atom is -0.457 e. The first kappa shape index (κ1) is 23.9. The van der Waals surface area contributed by atoms with Crippen LogP contribution < -0.4 is 0 Å². The average Bonchev–Trinajstić information content (AvgIpc) is 3.15. The van der Waals surface area contributed by atoms with Gasteiger partial charge in [0, 0.05) is 18.0 Å². The lowest BCUT2D eigenvalue weighted by Crippen LogP contribution is -2.56. The number of carbonyl (C=O) groups excluding carboxylic acids is 2. The van der Waals surface area contributed by atoms with E-state index in [9.17, 15) is 9.59 Å². The number of esters is 2. The molecular weight excluding hydrogens is 472 g/mol. The van der Waals surface area contributed by atoms with Crippen LogP contribution in [0.4, 0.5) is 0 Å². The number of ether oxygens (including phenoxy) is 3. The van der Waals surface area contributed by atoms with E-state index in [1.165, 1.54) is 22.7 Å².